The molecule has 20 heavy (non-hydrogen) atoms. The number of thiazole rings is 1. The monoisotopic (exact) mass is 301 g/mol. The molecule has 0 fully saturated rings. The Labute approximate surface area is 114 Å². The van der Waals surface area contributed by atoms with E-state index in [0.29, 0.717) is 11.3 Å². The van der Waals surface area contributed by atoms with Gasteiger partial charge in [-0.2, -0.15) is 13.2 Å². The van der Waals surface area contributed by atoms with Crippen LogP contribution in [0.25, 0.3) is 12.2 Å². The predicted octanol–water partition coefficient (Wildman–Crippen LogP) is 2.82. The van der Waals surface area contributed by atoms with Gasteiger partial charge in [0.1, 0.15) is 6.33 Å². The largest absolute Gasteiger partial charge is 0.477 e. The molecule has 2 aromatic heterocycles. The van der Waals surface area contributed by atoms with Crippen LogP contribution in [0.4, 0.5) is 13.2 Å². The van der Waals surface area contributed by atoms with E-state index in [1.54, 1.807) is 0 Å². The van der Waals surface area contributed by atoms with Crippen LogP contribution in [0, 0.1) is 0 Å². The molecule has 2 rings (SSSR count). The van der Waals surface area contributed by atoms with Gasteiger partial charge < -0.3 is 5.11 Å². The molecule has 0 saturated carbocycles. The molecular formula is C11H6F3N3O2S. The predicted molar refractivity (Wildman–Crippen MR) is 65.0 cm³/mol. The number of nitrogens with zero attached hydrogens (tertiary/aromatic N) is 3. The second-order valence-electron chi connectivity index (χ2n) is 3.53. The highest BCUT2D eigenvalue weighted by atomic mass is 32.1. The van der Waals surface area contributed by atoms with Crippen molar-refractivity contribution in [1.29, 1.82) is 0 Å². The van der Waals surface area contributed by atoms with Crippen molar-refractivity contribution >= 4 is 29.5 Å². The molecule has 1 N–H and O–H groups in total. The highest BCUT2D eigenvalue weighted by molar-refractivity contribution is 7.12. The van der Waals surface area contributed by atoms with E-state index >= 15 is 0 Å². The number of hydrogen-bond donors (Lipinski definition) is 1. The summed E-state index contributed by atoms with van der Waals surface area (Å²) in [5, 5.41) is 7.80. The zero-order valence-electron chi connectivity index (χ0n) is 9.63. The number of rotatable bonds is 3. The molecule has 0 aliphatic carbocycles. The fourth-order valence-electron chi connectivity index (χ4n) is 1.24. The lowest BCUT2D eigenvalue weighted by Crippen LogP contribution is -2.02. The van der Waals surface area contributed by atoms with Crippen LogP contribution in [0.1, 0.15) is 26.1 Å². The van der Waals surface area contributed by atoms with E-state index in [4.69, 9.17) is 5.11 Å². The summed E-state index contributed by atoms with van der Waals surface area (Å²) in [5.41, 5.74) is 0.0827. The normalized spacial score (nSPS) is 11.9. The summed E-state index contributed by atoms with van der Waals surface area (Å²) in [6.07, 6.45) is 0.449. The first-order valence-electron chi connectivity index (χ1n) is 5.13. The first-order valence-corrected chi connectivity index (χ1v) is 5.94. The SMILES string of the molecule is O=C(O)c1cc(/C=C/c2cnc(C(F)(F)F)s2)ncn1. The minimum absolute atomic E-state index is 0.195. The van der Waals surface area contributed by atoms with Gasteiger partial charge in [-0.3, -0.25) is 0 Å². The maximum atomic E-state index is 12.3. The number of carbonyl (C=O) groups is 1. The van der Waals surface area contributed by atoms with Gasteiger partial charge in [0.15, 0.2) is 10.7 Å². The summed E-state index contributed by atoms with van der Waals surface area (Å²) in [5.74, 6) is -1.21. The Hall–Kier alpha value is -2.29. The molecule has 0 radical (unpaired) electrons. The molecule has 5 nitrogen and oxygen atoms in total. The summed E-state index contributed by atoms with van der Waals surface area (Å²) < 4.78 is 37.0. The zero-order chi connectivity index (χ0) is 14.8. The lowest BCUT2D eigenvalue weighted by Gasteiger charge is -1.98. The topological polar surface area (TPSA) is 76.0 Å². The number of aromatic nitrogens is 3. The summed E-state index contributed by atoms with van der Waals surface area (Å²) in [6.45, 7) is 0. The minimum atomic E-state index is -4.47. The molecule has 0 aromatic carbocycles. The van der Waals surface area contributed by atoms with Crippen LogP contribution in [0.5, 0.6) is 0 Å². The summed E-state index contributed by atoms with van der Waals surface area (Å²) >= 11 is 0.487. The Morgan fingerprint density at radius 3 is 2.60 bits per heavy atom. The van der Waals surface area contributed by atoms with E-state index in [1.807, 2.05) is 0 Å². The first kappa shape index (κ1) is 14.1. The van der Waals surface area contributed by atoms with E-state index in [9.17, 15) is 18.0 Å². The molecule has 0 atom stereocenters. The van der Waals surface area contributed by atoms with Crippen molar-refractivity contribution in [3.63, 3.8) is 0 Å². The molecule has 0 spiro atoms. The van der Waals surface area contributed by atoms with Gasteiger partial charge in [-0.1, -0.05) is 0 Å². The van der Waals surface area contributed by atoms with Gasteiger partial charge in [0.25, 0.3) is 0 Å². The molecule has 0 bridgehead atoms. The number of aromatic carboxylic acids is 1. The van der Waals surface area contributed by atoms with Gasteiger partial charge >= 0.3 is 12.1 Å². The lowest BCUT2D eigenvalue weighted by molar-refractivity contribution is -0.137. The van der Waals surface area contributed by atoms with Crippen LogP contribution >= 0.6 is 11.3 Å². The van der Waals surface area contributed by atoms with Gasteiger partial charge in [-0.05, 0) is 18.2 Å². The number of carboxylic acids is 1. The van der Waals surface area contributed by atoms with Gasteiger partial charge in [0.2, 0.25) is 0 Å². The van der Waals surface area contributed by atoms with Crippen molar-refractivity contribution in [2.45, 2.75) is 6.18 Å². The Bertz CT molecular complexity index is 667. The van der Waals surface area contributed by atoms with Gasteiger partial charge in [-0.15, -0.1) is 11.3 Å². The quantitative estimate of drug-likeness (QED) is 0.943. The van der Waals surface area contributed by atoms with Gasteiger partial charge in [-0.25, -0.2) is 19.7 Å². The van der Waals surface area contributed by atoms with E-state index in [1.165, 1.54) is 18.2 Å². The highest BCUT2D eigenvalue weighted by Gasteiger charge is 2.34. The fourth-order valence-corrected chi connectivity index (χ4v) is 1.93. The fraction of sp³-hybridized carbons (Fsp3) is 0.0909. The molecule has 0 aliphatic heterocycles. The third-order valence-electron chi connectivity index (χ3n) is 2.09. The minimum Gasteiger partial charge on any atom is -0.477 e. The van der Waals surface area contributed by atoms with E-state index in [-0.39, 0.29) is 16.3 Å². The Morgan fingerprint density at radius 2 is 2.00 bits per heavy atom. The Balaban J connectivity index is 2.19. The lowest BCUT2D eigenvalue weighted by atomic mass is 10.3. The smallest absolute Gasteiger partial charge is 0.443 e. The van der Waals surface area contributed by atoms with Gasteiger partial charge in [0, 0.05) is 11.1 Å². The maximum Gasteiger partial charge on any atom is 0.443 e. The molecule has 0 amide bonds. The number of carboxylic acid groups (broad SMARTS) is 1. The molecule has 0 aliphatic rings. The number of hydrogen-bond acceptors (Lipinski definition) is 5. The third-order valence-corrected chi connectivity index (χ3v) is 3.10. The molecular weight excluding hydrogens is 295 g/mol. The van der Waals surface area contributed by atoms with E-state index < -0.39 is 17.2 Å². The summed E-state index contributed by atoms with van der Waals surface area (Å²) in [6, 6.07) is 1.21. The molecule has 2 aromatic rings. The van der Waals surface area contributed by atoms with Crippen LogP contribution in [-0.2, 0) is 6.18 Å². The molecule has 0 unspecified atom stereocenters. The number of halogens is 3. The van der Waals surface area contributed by atoms with Crippen LogP contribution < -0.4 is 0 Å². The second kappa shape index (κ2) is 5.37. The zero-order valence-corrected chi connectivity index (χ0v) is 10.4. The van der Waals surface area contributed by atoms with E-state index in [2.05, 4.69) is 15.0 Å². The molecule has 104 valence electrons. The highest BCUT2D eigenvalue weighted by Crippen LogP contribution is 2.32. The Morgan fingerprint density at radius 1 is 1.25 bits per heavy atom. The van der Waals surface area contributed by atoms with Crippen molar-refractivity contribution in [3.8, 4) is 0 Å². The summed E-state index contributed by atoms with van der Waals surface area (Å²) in [7, 11) is 0. The first-order chi connectivity index (χ1) is 9.36. The second-order valence-corrected chi connectivity index (χ2v) is 4.59. The molecule has 9 heteroatoms. The molecule has 0 saturated heterocycles. The van der Waals surface area contributed by atoms with Crippen molar-refractivity contribution < 1.29 is 23.1 Å². The van der Waals surface area contributed by atoms with Crippen molar-refractivity contribution in [3.05, 3.63) is 39.9 Å². The van der Waals surface area contributed by atoms with Crippen molar-refractivity contribution in [1.82, 2.24) is 15.0 Å². The standard InChI is InChI=1S/C11H6F3N3O2S/c12-11(13,14)10-15-4-7(20-10)2-1-6-3-8(9(18)19)17-5-16-6/h1-5H,(H,18,19)/b2-1+. The Kier molecular flexibility index (Phi) is 3.79. The van der Waals surface area contributed by atoms with Crippen molar-refractivity contribution in [2.75, 3.05) is 0 Å². The van der Waals surface area contributed by atoms with Crippen LogP contribution in [0.3, 0.4) is 0 Å². The van der Waals surface area contributed by atoms with Crippen LogP contribution in [-0.4, -0.2) is 26.0 Å². The van der Waals surface area contributed by atoms with E-state index in [0.717, 1.165) is 12.5 Å². The maximum absolute atomic E-state index is 12.3. The average Bonchev–Trinajstić information content (AvgIpc) is 2.85. The average molecular weight is 301 g/mol. The van der Waals surface area contributed by atoms with Crippen molar-refractivity contribution in [2.24, 2.45) is 0 Å². The van der Waals surface area contributed by atoms with Crippen LogP contribution in [0.15, 0.2) is 18.6 Å². The number of alkyl halides is 3. The van der Waals surface area contributed by atoms with Gasteiger partial charge in [0.05, 0.1) is 5.69 Å². The third kappa shape index (κ3) is 3.38. The summed E-state index contributed by atoms with van der Waals surface area (Å²) in [4.78, 5) is 21.6. The van der Waals surface area contributed by atoms with Crippen LogP contribution in [0.2, 0.25) is 0 Å². The molecule has 2 heterocycles.